The number of hydrogen-bond acceptors (Lipinski definition) is 2. The molecule has 122 valence electrons. The van der Waals surface area contributed by atoms with Gasteiger partial charge in [0.25, 0.3) is 0 Å². The van der Waals surface area contributed by atoms with Crippen molar-refractivity contribution in [2.75, 3.05) is 26.2 Å². The Kier molecular flexibility index (Phi) is 6.46. The Morgan fingerprint density at radius 3 is 2.36 bits per heavy atom. The highest BCUT2D eigenvalue weighted by atomic mass is 19.1. The number of piperazine rings is 1. The first-order valence-electron chi connectivity index (χ1n) is 7.83. The van der Waals surface area contributed by atoms with Crippen LogP contribution in [0.25, 0.3) is 0 Å². The Labute approximate surface area is 130 Å². The van der Waals surface area contributed by atoms with Crippen LogP contribution in [0.5, 0.6) is 0 Å². The Morgan fingerprint density at radius 1 is 1.14 bits per heavy atom. The molecule has 1 atom stereocenters. The fourth-order valence-electron chi connectivity index (χ4n) is 3.00. The highest BCUT2D eigenvalue weighted by molar-refractivity contribution is 5.24. The van der Waals surface area contributed by atoms with Crippen molar-refractivity contribution in [2.45, 2.75) is 31.7 Å². The summed E-state index contributed by atoms with van der Waals surface area (Å²) >= 11 is 0. The molecule has 22 heavy (non-hydrogen) atoms. The zero-order valence-corrected chi connectivity index (χ0v) is 12.8. The average molecular weight is 312 g/mol. The van der Waals surface area contributed by atoms with Crippen molar-refractivity contribution >= 4 is 0 Å². The van der Waals surface area contributed by atoms with Crippen molar-refractivity contribution in [1.29, 1.82) is 0 Å². The van der Waals surface area contributed by atoms with Crippen LogP contribution in [0.3, 0.4) is 0 Å². The van der Waals surface area contributed by atoms with E-state index in [1.54, 1.807) is 0 Å². The van der Waals surface area contributed by atoms with E-state index in [0.29, 0.717) is 6.42 Å². The molecule has 1 aliphatic rings. The largest absolute Gasteiger partial charge is 0.314 e. The fourth-order valence-corrected chi connectivity index (χ4v) is 3.00. The monoisotopic (exact) mass is 312 g/mol. The van der Waals surface area contributed by atoms with Gasteiger partial charge in [-0.2, -0.15) is 0 Å². The number of allylic oxidation sites excluding steroid dienone is 1. The predicted octanol–water partition coefficient (Wildman–Crippen LogP) is 3.80. The topological polar surface area (TPSA) is 15.3 Å². The lowest BCUT2D eigenvalue weighted by Crippen LogP contribution is -2.45. The van der Waals surface area contributed by atoms with Crippen molar-refractivity contribution in [3.63, 3.8) is 0 Å². The number of rotatable bonds is 7. The highest BCUT2D eigenvalue weighted by Gasteiger charge is 2.27. The lowest BCUT2D eigenvalue weighted by molar-refractivity contribution is 0.156. The van der Waals surface area contributed by atoms with Gasteiger partial charge >= 0.3 is 0 Å². The van der Waals surface area contributed by atoms with E-state index in [1.165, 1.54) is 0 Å². The van der Waals surface area contributed by atoms with Gasteiger partial charge in [0.2, 0.25) is 0 Å². The maximum atomic E-state index is 14.2. The third-order valence-corrected chi connectivity index (χ3v) is 4.11. The molecule has 0 bridgehead atoms. The minimum Gasteiger partial charge on any atom is -0.314 e. The van der Waals surface area contributed by atoms with Crippen LogP contribution in [0.2, 0.25) is 0 Å². The quantitative estimate of drug-likeness (QED) is 0.608. The second-order valence-corrected chi connectivity index (χ2v) is 5.66. The van der Waals surface area contributed by atoms with Gasteiger partial charge in [-0.15, -0.1) is 6.58 Å². The summed E-state index contributed by atoms with van der Waals surface area (Å²) in [4.78, 5) is 2.09. The molecular formula is C17H23F3N2. The van der Waals surface area contributed by atoms with E-state index in [-0.39, 0.29) is 11.6 Å². The molecule has 0 amide bonds. The maximum Gasteiger partial charge on any atom is 0.133 e. The van der Waals surface area contributed by atoms with Crippen LogP contribution in [0, 0.1) is 17.5 Å². The normalized spacial score (nSPS) is 17.4. The molecule has 0 aliphatic carbocycles. The summed E-state index contributed by atoms with van der Waals surface area (Å²) in [5, 5.41) is 3.23. The molecule has 1 saturated heterocycles. The Hall–Kier alpha value is -1.33. The lowest BCUT2D eigenvalue weighted by Gasteiger charge is -2.35. The number of unbranched alkanes of at least 4 members (excludes halogenated alkanes) is 2. The molecule has 5 heteroatoms. The van der Waals surface area contributed by atoms with Gasteiger partial charge in [-0.25, -0.2) is 13.2 Å². The molecule has 0 aromatic heterocycles. The van der Waals surface area contributed by atoms with Gasteiger partial charge in [-0.3, -0.25) is 4.90 Å². The van der Waals surface area contributed by atoms with Crippen LogP contribution in [0.1, 0.15) is 37.3 Å². The second-order valence-electron chi connectivity index (χ2n) is 5.66. The van der Waals surface area contributed by atoms with Crippen molar-refractivity contribution in [3.05, 3.63) is 47.8 Å². The summed E-state index contributed by atoms with van der Waals surface area (Å²) in [6.45, 7) is 6.76. The average Bonchev–Trinajstić information content (AvgIpc) is 2.49. The number of halogens is 3. The van der Waals surface area contributed by atoms with E-state index in [2.05, 4.69) is 16.8 Å². The van der Waals surface area contributed by atoms with E-state index in [1.807, 2.05) is 6.08 Å². The lowest BCUT2D eigenvalue weighted by atomic mass is 9.97. The third-order valence-electron chi connectivity index (χ3n) is 4.11. The summed E-state index contributed by atoms with van der Waals surface area (Å²) in [5.74, 6) is -2.45. The minimum absolute atomic E-state index is 0.00176. The van der Waals surface area contributed by atoms with Crippen LogP contribution in [-0.2, 0) is 0 Å². The van der Waals surface area contributed by atoms with E-state index >= 15 is 0 Å². The highest BCUT2D eigenvalue weighted by Crippen LogP contribution is 2.31. The molecule has 1 N–H and O–H groups in total. The van der Waals surface area contributed by atoms with Gasteiger partial charge in [0.05, 0.1) is 0 Å². The summed E-state index contributed by atoms with van der Waals surface area (Å²) in [6, 6.07) is 1.21. The molecule has 0 radical (unpaired) electrons. The minimum atomic E-state index is -0.871. The zero-order valence-electron chi connectivity index (χ0n) is 12.8. The van der Waals surface area contributed by atoms with Crippen LogP contribution < -0.4 is 5.32 Å². The van der Waals surface area contributed by atoms with Gasteiger partial charge in [-0.05, 0) is 19.3 Å². The Morgan fingerprint density at radius 2 is 1.77 bits per heavy atom. The van der Waals surface area contributed by atoms with E-state index in [9.17, 15) is 13.2 Å². The van der Waals surface area contributed by atoms with E-state index < -0.39 is 17.5 Å². The number of nitrogens with one attached hydrogen (secondary N) is 1. The number of benzene rings is 1. The molecule has 0 spiro atoms. The molecule has 1 aromatic carbocycles. The van der Waals surface area contributed by atoms with Crippen LogP contribution >= 0.6 is 0 Å². The second kappa shape index (κ2) is 8.34. The summed E-state index contributed by atoms with van der Waals surface area (Å²) in [5.41, 5.74) is 0.00176. The molecule has 1 aliphatic heterocycles. The molecule has 1 aromatic rings. The fraction of sp³-hybridized carbons (Fsp3) is 0.529. The first-order valence-corrected chi connectivity index (χ1v) is 7.83. The maximum absolute atomic E-state index is 14.2. The van der Waals surface area contributed by atoms with Crippen LogP contribution in [-0.4, -0.2) is 31.1 Å². The first kappa shape index (κ1) is 17.0. The molecule has 2 nitrogen and oxygen atoms in total. The molecule has 2 rings (SSSR count). The van der Waals surface area contributed by atoms with Crippen LogP contribution in [0.15, 0.2) is 24.8 Å². The molecular weight excluding hydrogens is 289 g/mol. The molecule has 0 saturated carbocycles. The first-order chi connectivity index (χ1) is 10.6. The number of hydrogen-bond donors (Lipinski definition) is 1. The van der Waals surface area contributed by atoms with E-state index in [4.69, 9.17) is 0 Å². The van der Waals surface area contributed by atoms with Gasteiger partial charge in [0.1, 0.15) is 17.5 Å². The SMILES string of the molecule is C=CCCCC[C@@H](c1c(F)cc(F)cc1F)N1CCNCC1. The van der Waals surface area contributed by atoms with Crippen molar-refractivity contribution in [1.82, 2.24) is 10.2 Å². The number of nitrogens with zero attached hydrogens (tertiary/aromatic N) is 1. The third kappa shape index (κ3) is 4.34. The Bertz CT molecular complexity index is 476. The molecule has 1 fully saturated rings. The Balaban J connectivity index is 2.20. The smallest absolute Gasteiger partial charge is 0.133 e. The van der Waals surface area contributed by atoms with E-state index in [0.717, 1.165) is 57.6 Å². The predicted molar refractivity (Wildman–Crippen MR) is 82.2 cm³/mol. The summed E-state index contributed by atoms with van der Waals surface area (Å²) in [7, 11) is 0. The van der Waals surface area contributed by atoms with Gasteiger partial charge in [0, 0.05) is 49.9 Å². The van der Waals surface area contributed by atoms with Gasteiger partial charge in [0.15, 0.2) is 0 Å². The molecule has 1 heterocycles. The van der Waals surface area contributed by atoms with Crippen molar-refractivity contribution < 1.29 is 13.2 Å². The standard InChI is InChI=1S/C17H23F3N2/c1-2-3-4-5-6-16(22-9-7-21-8-10-22)17-14(19)11-13(18)12-15(17)20/h2,11-12,16,21H,1,3-10H2/t16-/m0/s1. The van der Waals surface area contributed by atoms with Crippen molar-refractivity contribution in [2.24, 2.45) is 0 Å². The summed E-state index contributed by atoms with van der Waals surface area (Å²) in [6.07, 6.45) is 5.20. The summed E-state index contributed by atoms with van der Waals surface area (Å²) < 4.78 is 41.5. The molecule has 0 unspecified atom stereocenters. The van der Waals surface area contributed by atoms with Crippen molar-refractivity contribution in [3.8, 4) is 0 Å². The zero-order chi connectivity index (χ0) is 15.9. The van der Waals surface area contributed by atoms with Gasteiger partial charge in [-0.1, -0.05) is 12.5 Å². The van der Waals surface area contributed by atoms with Gasteiger partial charge < -0.3 is 5.32 Å². The van der Waals surface area contributed by atoms with Crippen LogP contribution in [0.4, 0.5) is 13.2 Å².